The standard InChI is InChI=1S/C25H20O2S2/c1-4-24(26)28-21-12-10-19(11-13-21)18-6-8-20(9-7-18)23-15-14-22(16-17(23)3)29-25(27)5-2/h4-16H,1-2H2,3H3. The average Bonchev–Trinajstić information content (AvgIpc) is 2.74. The first-order valence-corrected chi connectivity index (χ1v) is 10.6. The van der Waals surface area contributed by atoms with Crippen molar-refractivity contribution in [3.05, 3.63) is 97.6 Å². The number of thioether (sulfide) groups is 2. The molecular formula is C25H20O2S2. The van der Waals surface area contributed by atoms with Crippen LogP contribution in [-0.2, 0) is 9.59 Å². The molecule has 0 unspecified atom stereocenters. The number of hydrogen-bond acceptors (Lipinski definition) is 4. The van der Waals surface area contributed by atoms with Gasteiger partial charge in [0.05, 0.1) is 0 Å². The van der Waals surface area contributed by atoms with E-state index < -0.39 is 0 Å². The Labute approximate surface area is 179 Å². The highest BCUT2D eigenvalue weighted by Crippen LogP contribution is 2.31. The van der Waals surface area contributed by atoms with Gasteiger partial charge in [-0.25, -0.2) is 0 Å². The van der Waals surface area contributed by atoms with Gasteiger partial charge in [-0.05, 0) is 94.7 Å². The van der Waals surface area contributed by atoms with Crippen molar-refractivity contribution in [3.63, 3.8) is 0 Å². The van der Waals surface area contributed by atoms with Crippen LogP contribution in [0, 0.1) is 6.92 Å². The lowest BCUT2D eigenvalue weighted by Gasteiger charge is -2.10. The fourth-order valence-corrected chi connectivity index (χ4v) is 4.17. The smallest absolute Gasteiger partial charge is 0.216 e. The zero-order chi connectivity index (χ0) is 20.8. The zero-order valence-electron chi connectivity index (χ0n) is 16.1. The Morgan fingerprint density at radius 1 is 0.690 bits per heavy atom. The fourth-order valence-electron chi connectivity index (χ4n) is 2.90. The van der Waals surface area contributed by atoms with Crippen LogP contribution in [0.3, 0.4) is 0 Å². The molecule has 3 aromatic carbocycles. The number of hydrogen-bond donors (Lipinski definition) is 0. The molecule has 0 N–H and O–H groups in total. The third kappa shape index (κ3) is 5.37. The van der Waals surface area contributed by atoms with Gasteiger partial charge in [-0.3, -0.25) is 9.59 Å². The summed E-state index contributed by atoms with van der Waals surface area (Å²) in [6, 6.07) is 22.3. The molecule has 0 aliphatic carbocycles. The van der Waals surface area contributed by atoms with E-state index in [1.807, 2.05) is 49.4 Å². The topological polar surface area (TPSA) is 34.1 Å². The Morgan fingerprint density at radius 3 is 1.66 bits per heavy atom. The van der Waals surface area contributed by atoms with Gasteiger partial charge in [-0.2, -0.15) is 0 Å². The fraction of sp³-hybridized carbons (Fsp3) is 0.0400. The number of rotatable bonds is 6. The lowest BCUT2D eigenvalue weighted by molar-refractivity contribution is -0.107. The quantitative estimate of drug-likeness (QED) is 0.322. The first-order valence-electron chi connectivity index (χ1n) is 9.00. The highest BCUT2D eigenvalue weighted by atomic mass is 32.2. The summed E-state index contributed by atoms with van der Waals surface area (Å²) in [5.41, 5.74) is 5.59. The molecule has 2 nitrogen and oxygen atoms in total. The number of aryl methyl sites for hydroxylation is 1. The van der Waals surface area contributed by atoms with E-state index in [2.05, 4.69) is 37.4 Å². The maximum absolute atomic E-state index is 11.5. The van der Waals surface area contributed by atoms with Crippen LogP contribution in [0.2, 0.25) is 0 Å². The van der Waals surface area contributed by atoms with Crippen molar-refractivity contribution in [2.45, 2.75) is 16.7 Å². The Hall–Kier alpha value is -2.82. The SMILES string of the molecule is C=CC(=O)Sc1ccc(-c2ccc(-c3ccc(SC(=O)C=C)cc3C)cc2)cc1. The highest BCUT2D eigenvalue weighted by molar-refractivity contribution is 8.14. The van der Waals surface area contributed by atoms with Gasteiger partial charge in [0.25, 0.3) is 0 Å². The molecule has 144 valence electrons. The van der Waals surface area contributed by atoms with Crippen LogP contribution in [0.15, 0.2) is 102 Å². The molecule has 29 heavy (non-hydrogen) atoms. The second kappa shape index (κ2) is 9.59. The minimum atomic E-state index is -0.0595. The van der Waals surface area contributed by atoms with Crippen molar-refractivity contribution in [2.75, 3.05) is 0 Å². The van der Waals surface area contributed by atoms with Crippen molar-refractivity contribution < 1.29 is 9.59 Å². The molecule has 0 saturated carbocycles. The van der Waals surface area contributed by atoms with Crippen molar-refractivity contribution in [3.8, 4) is 22.3 Å². The van der Waals surface area contributed by atoms with Gasteiger partial charge in [-0.1, -0.05) is 55.6 Å². The first-order chi connectivity index (χ1) is 14.0. The van der Waals surface area contributed by atoms with E-state index in [1.54, 1.807) is 0 Å². The van der Waals surface area contributed by atoms with Crippen molar-refractivity contribution in [2.24, 2.45) is 0 Å². The second-order valence-electron chi connectivity index (χ2n) is 6.33. The molecule has 4 heteroatoms. The lowest BCUT2D eigenvalue weighted by atomic mass is 9.98. The number of benzene rings is 3. The van der Waals surface area contributed by atoms with Crippen LogP contribution in [0.25, 0.3) is 22.3 Å². The van der Waals surface area contributed by atoms with Crippen LogP contribution in [-0.4, -0.2) is 10.2 Å². The van der Waals surface area contributed by atoms with E-state index in [4.69, 9.17) is 0 Å². The van der Waals surface area contributed by atoms with Crippen LogP contribution >= 0.6 is 23.5 Å². The van der Waals surface area contributed by atoms with E-state index in [1.165, 1.54) is 35.7 Å². The van der Waals surface area contributed by atoms with E-state index in [0.29, 0.717) is 0 Å². The molecule has 0 amide bonds. The van der Waals surface area contributed by atoms with Crippen molar-refractivity contribution >= 4 is 33.8 Å². The summed E-state index contributed by atoms with van der Waals surface area (Å²) >= 11 is 2.35. The molecule has 3 rings (SSSR count). The summed E-state index contributed by atoms with van der Waals surface area (Å²) in [5, 5.41) is -0.115. The molecule has 0 saturated heterocycles. The molecule has 3 aromatic rings. The largest absolute Gasteiger partial charge is 0.282 e. The molecular weight excluding hydrogens is 396 g/mol. The average molecular weight is 417 g/mol. The van der Waals surface area contributed by atoms with E-state index >= 15 is 0 Å². The van der Waals surface area contributed by atoms with E-state index in [-0.39, 0.29) is 10.2 Å². The molecule has 0 aliphatic heterocycles. The van der Waals surface area contributed by atoms with Crippen molar-refractivity contribution in [1.29, 1.82) is 0 Å². The van der Waals surface area contributed by atoms with Gasteiger partial charge in [0, 0.05) is 9.79 Å². The Kier molecular flexibility index (Phi) is 6.91. The molecule has 0 fully saturated rings. The summed E-state index contributed by atoms with van der Waals surface area (Å²) in [4.78, 5) is 24.8. The van der Waals surface area contributed by atoms with E-state index in [9.17, 15) is 9.59 Å². The minimum Gasteiger partial charge on any atom is -0.282 e. The molecule has 0 atom stereocenters. The Morgan fingerprint density at radius 2 is 1.14 bits per heavy atom. The summed E-state index contributed by atoms with van der Waals surface area (Å²) in [5.74, 6) is 0. The number of carbonyl (C=O) groups excluding carboxylic acids is 2. The van der Waals surface area contributed by atoms with E-state index in [0.717, 1.165) is 37.6 Å². The van der Waals surface area contributed by atoms with Gasteiger partial charge in [0.15, 0.2) is 0 Å². The number of carbonyl (C=O) groups is 2. The Bertz CT molecular complexity index is 1060. The summed E-state index contributed by atoms with van der Waals surface area (Å²) < 4.78 is 0. The monoisotopic (exact) mass is 416 g/mol. The molecule has 0 aliphatic rings. The highest BCUT2D eigenvalue weighted by Gasteiger charge is 2.07. The third-order valence-electron chi connectivity index (χ3n) is 4.35. The third-order valence-corrected chi connectivity index (χ3v) is 6.08. The van der Waals surface area contributed by atoms with Gasteiger partial charge < -0.3 is 0 Å². The molecule has 0 heterocycles. The second-order valence-corrected chi connectivity index (χ2v) is 8.48. The zero-order valence-corrected chi connectivity index (χ0v) is 17.7. The van der Waals surface area contributed by atoms with Crippen molar-refractivity contribution in [1.82, 2.24) is 0 Å². The molecule has 0 spiro atoms. The van der Waals surface area contributed by atoms with Crippen LogP contribution in [0.5, 0.6) is 0 Å². The predicted molar refractivity (Wildman–Crippen MR) is 124 cm³/mol. The van der Waals surface area contributed by atoms with Crippen LogP contribution in [0.1, 0.15) is 5.56 Å². The summed E-state index contributed by atoms with van der Waals surface area (Å²) in [6.45, 7) is 9.05. The minimum absolute atomic E-state index is 0.0558. The normalized spacial score (nSPS) is 10.4. The summed E-state index contributed by atoms with van der Waals surface area (Å²) in [7, 11) is 0. The predicted octanol–water partition coefficient (Wildman–Crippen LogP) is 6.94. The van der Waals surface area contributed by atoms with Crippen LogP contribution in [0.4, 0.5) is 0 Å². The maximum Gasteiger partial charge on any atom is 0.216 e. The van der Waals surface area contributed by atoms with Gasteiger partial charge in [0.2, 0.25) is 10.2 Å². The summed E-state index contributed by atoms with van der Waals surface area (Å²) in [6.07, 6.45) is 2.65. The van der Waals surface area contributed by atoms with Crippen LogP contribution < -0.4 is 0 Å². The molecule has 0 radical (unpaired) electrons. The van der Waals surface area contributed by atoms with Gasteiger partial charge >= 0.3 is 0 Å². The maximum atomic E-state index is 11.5. The Balaban J connectivity index is 1.78. The van der Waals surface area contributed by atoms with Gasteiger partial charge in [0.1, 0.15) is 0 Å². The molecule has 0 aromatic heterocycles. The van der Waals surface area contributed by atoms with Gasteiger partial charge in [-0.15, -0.1) is 0 Å². The lowest BCUT2D eigenvalue weighted by Crippen LogP contribution is -1.88. The molecule has 0 bridgehead atoms. The first kappa shape index (κ1) is 20.9.